The highest BCUT2D eigenvalue weighted by atomic mass is 16.1. The summed E-state index contributed by atoms with van der Waals surface area (Å²) in [5.74, 6) is 1.54. The van der Waals surface area contributed by atoms with Gasteiger partial charge in [0.2, 0.25) is 5.91 Å². The van der Waals surface area contributed by atoms with E-state index in [1.807, 2.05) is 0 Å². The third kappa shape index (κ3) is 5.41. The number of carbonyl (C=O) groups excluding carboxylic acids is 1. The van der Waals surface area contributed by atoms with E-state index >= 15 is 0 Å². The van der Waals surface area contributed by atoms with Crippen molar-refractivity contribution < 1.29 is 4.79 Å². The van der Waals surface area contributed by atoms with Gasteiger partial charge in [0.05, 0.1) is 0 Å². The van der Waals surface area contributed by atoms with Crippen molar-refractivity contribution in [1.82, 2.24) is 10.2 Å². The van der Waals surface area contributed by atoms with E-state index in [0.29, 0.717) is 24.3 Å². The molecule has 4 heteroatoms. The summed E-state index contributed by atoms with van der Waals surface area (Å²) in [5, 5.41) is 3.13. The Labute approximate surface area is 123 Å². The molecule has 2 rings (SSSR count). The molecule has 1 aliphatic carbocycles. The van der Waals surface area contributed by atoms with E-state index < -0.39 is 0 Å². The van der Waals surface area contributed by atoms with Gasteiger partial charge in [0.25, 0.3) is 0 Å². The Kier molecular flexibility index (Phi) is 6.30. The highest BCUT2D eigenvalue weighted by molar-refractivity contribution is 5.75. The number of amides is 1. The molecule has 0 aromatic heterocycles. The molecule has 0 aromatic carbocycles. The lowest BCUT2D eigenvalue weighted by molar-refractivity contribution is -0.121. The zero-order valence-corrected chi connectivity index (χ0v) is 12.9. The van der Waals surface area contributed by atoms with E-state index in [0.717, 1.165) is 32.4 Å². The average molecular weight is 281 g/mol. The van der Waals surface area contributed by atoms with Crippen LogP contribution in [0.15, 0.2) is 0 Å². The Balaban J connectivity index is 1.58. The van der Waals surface area contributed by atoms with E-state index in [1.54, 1.807) is 0 Å². The molecular formula is C16H31N3O. The highest BCUT2D eigenvalue weighted by Gasteiger charge is 2.21. The maximum atomic E-state index is 11.9. The van der Waals surface area contributed by atoms with Gasteiger partial charge in [-0.05, 0) is 57.5 Å². The summed E-state index contributed by atoms with van der Waals surface area (Å²) in [6.07, 6.45) is 8.98. The molecule has 116 valence electrons. The molecule has 2 fully saturated rings. The first-order chi connectivity index (χ1) is 9.63. The van der Waals surface area contributed by atoms with Crippen molar-refractivity contribution in [2.45, 2.75) is 57.4 Å². The van der Waals surface area contributed by atoms with Crippen molar-refractivity contribution in [1.29, 1.82) is 0 Å². The van der Waals surface area contributed by atoms with Crippen LogP contribution >= 0.6 is 0 Å². The smallest absolute Gasteiger partial charge is 0.220 e. The molecule has 0 spiro atoms. The fourth-order valence-electron chi connectivity index (χ4n) is 3.72. The summed E-state index contributed by atoms with van der Waals surface area (Å²) in [7, 11) is 2.17. The fourth-order valence-corrected chi connectivity index (χ4v) is 3.72. The summed E-state index contributed by atoms with van der Waals surface area (Å²) >= 11 is 0. The first-order valence-electron chi connectivity index (χ1n) is 8.34. The Bertz CT molecular complexity index is 280. The second-order valence-electron chi connectivity index (χ2n) is 6.91. The molecule has 0 radical (unpaired) electrons. The van der Waals surface area contributed by atoms with Crippen molar-refractivity contribution in [2.24, 2.45) is 17.6 Å². The number of likely N-dealkylation sites (tertiary alicyclic amines) is 1. The van der Waals surface area contributed by atoms with Crippen molar-refractivity contribution in [3.8, 4) is 0 Å². The molecular weight excluding hydrogens is 250 g/mol. The van der Waals surface area contributed by atoms with E-state index in [9.17, 15) is 4.79 Å². The Morgan fingerprint density at radius 3 is 2.80 bits per heavy atom. The van der Waals surface area contributed by atoms with Gasteiger partial charge >= 0.3 is 0 Å². The zero-order chi connectivity index (χ0) is 14.4. The molecule has 1 aliphatic heterocycles. The van der Waals surface area contributed by atoms with Crippen molar-refractivity contribution in [3.05, 3.63) is 0 Å². The maximum absolute atomic E-state index is 11.9. The van der Waals surface area contributed by atoms with Crippen LogP contribution in [0.1, 0.15) is 51.4 Å². The van der Waals surface area contributed by atoms with Crippen LogP contribution in [-0.4, -0.2) is 43.5 Å². The number of nitrogens with two attached hydrogens (primary N) is 1. The van der Waals surface area contributed by atoms with Gasteiger partial charge in [0.1, 0.15) is 0 Å². The third-order valence-corrected chi connectivity index (χ3v) is 4.91. The van der Waals surface area contributed by atoms with Crippen LogP contribution in [0.5, 0.6) is 0 Å². The van der Waals surface area contributed by atoms with Gasteiger partial charge in [-0.1, -0.05) is 12.8 Å². The molecule has 0 bridgehead atoms. The van der Waals surface area contributed by atoms with Gasteiger partial charge in [-0.3, -0.25) is 4.79 Å². The lowest BCUT2D eigenvalue weighted by Crippen LogP contribution is -2.39. The number of nitrogens with one attached hydrogen (secondary N) is 1. The molecule has 20 heavy (non-hydrogen) atoms. The van der Waals surface area contributed by atoms with Crippen LogP contribution in [-0.2, 0) is 4.79 Å². The zero-order valence-electron chi connectivity index (χ0n) is 12.9. The van der Waals surface area contributed by atoms with Gasteiger partial charge in [-0.15, -0.1) is 0 Å². The van der Waals surface area contributed by atoms with Crippen LogP contribution in [0, 0.1) is 11.8 Å². The van der Waals surface area contributed by atoms with Crippen molar-refractivity contribution in [2.75, 3.05) is 26.7 Å². The molecule has 1 amide bonds. The fraction of sp³-hybridized carbons (Fsp3) is 0.938. The van der Waals surface area contributed by atoms with Crippen LogP contribution in [0.3, 0.4) is 0 Å². The van der Waals surface area contributed by atoms with Crippen LogP contribution in [0.2, 0.25) is 0 Å². The SMILES string of the molecule is CN1CCCC(CNC(=O)CCC2CCCC(N)C2)C1. The number of piperidine rings is 1. The largest absolute Gasteiger partial charge is 0.356 e. The summed E-state index contributed by atoms with van der Waals surface area (Å²) < 4.78 is 0. The van der Waals surface area contributed by atoms with Gasteiger partial charge in [-0.25, -0.2) is 0 Å². The van der Waals surface area contributed by atoms with Gasteiger partial charge in [0.15, 0.2) is 0 Å². The van der Waals surface area contributed by atoms with Gasteiger partial charge < -0.3 is 16.0 Å². The Morgan fingerprint density at radius 1 is 1.25 bits per heavy atom. The second-order valence-corrected chi connectivity index (χ2v) is 6.91. The lowest BCUT2D eigenvalue weighted by Gasteiger charge is -2.30. The first kappa shape index (κ1) is 15.8. The number of carbonyl (C=O) groups is 1. The number of rotatable bonds is 5. The van der Waals surface area contributed by atoms with E-state index in [2.05, 4.69) is 17.3 Å². The summed E-state index contributed by atoms with van der Waals surface area (Å²) in [4.78, 5) is 14.3. The van der Waals surface area contributed by atoms with Gasteiger partial charge in [-0.2, -0.15) is 0 Å². The van der Waals surface area contributed by atoms with Gasteiger partial charge in [0, 0.05) is 25.6 Å². The normalized spacial score (nSPS) is 32.0. The van der Waals surface area contributed by atoms with E-state index in [1.165, 1.54) is 32.2 Å². The number of hydrogen-bond acceptors (Lipinski definition) is 3. The summed E-state index contributed by atoms with van der Waals surface area (Å²) in [6, 6.07) is 0.370. The van der Waals surface area contributed by atoms with Crippen LogP contribution in [0.4, 0.5) is 0 Å². The predicted octanol–water partition coefficient (Wildman–Crippen LogP) is 1.74. The lowest BCUT2D eigenvalue weighted by atomic mass is 9.83. The third-order valence-electron chi connectivity index (χ3n) is 4.91. The number of nitrogens with zero attached hydrogens (tertiary/aromatic N) is 1. The Hall–Kier alpha value is -0.610. The maximum Gasteiger partial charge on any atom is 0.220 e. The molecule has 3 unspecified atom stereocenters. The molecule has 1 saturated heterocycles. The topological polar surface area (TPSA) is 58.4 Å². The van der Waals surface area contributed by atoms with E-state index in [4.69, 9.17) is 5.73 Å². The molecule has 3 atom stereocenters. The molecule has 4 nitrogen and oxygen atoms in total. The summed E-state index contributed by atoms with van der Waals surface area (Å²) in [5.41, 5.74) is 6.00. The first-order valence-corrected chi connectivity index (χ1v) is 8.34. The van der Waals surface area contributed by atoms with E-state index in [-0.39, 0.29) is 5.91 Å². The minimum Gasteiger partial charge on any atom is -0.356 e. The standard InChI is InChI=1S/C16H31N3O/c1-19-9-3-5-14(12-19)11-18-16(20)8-7-13-4-2-6-15(17)10-13/h13-15H,2-12,17H2,1H3,(H,18,20). The second kappa shape index (κ2) is 7.99. The predicted molar refractivity (Wildman–Crippen MR) is 82.4 cm³/mol. The molecule has 0 aromatic rings. The Morgan fingerprint density at radius 2 is 2.05 bits per heavy atom. The summed E-state index contributed by atoms with van der Waals surface area (Å²) in [6.45, 7) is 3.18. The average Bonchev–Trinajstić information content (AvgIpc) is 2.43. The van der Waals surface area contributed by atoms with Crippen molar-refractivity contribution >= 4 is 5.91 Å². The quantitative estimate of drug-likeness (QED) is 0.807. The molecule has 1 heterocycles. The number of hydrogen-bond donors (Lipinski definition) is 2. The highest BCUT2D eigenvalue weighted by Crippen LogP contribution is 2.26. The minimum atomic E-state index is 0.234. The monoisotopic (exact) mass is 281 g/mol. The molecule has 2 aliphatic rings. The van der Waals surface area contributed by atoms with Crippen molar-refractivity contribution in [3.63, 3.8) is 0 Å². The van der Waals surface area contributed by atoms with Crippen LogP contribution < -0.4 is 11.1 Å². The molecule has 3 N–H and O–H groups in total. The minimum absolute atomic E-state index is 0.234. The van der Waals surface area contributed by atoms with Crippen LogP contribution in [0.25, 0.3) is 0 Å². The molecule has 1 saturated carbocycles.